The van der Waals surface area contributed by atoms with Crippen LogP contribution in [0, 0.1) is 5.41 Å². The molecule has 0 aliphatic carbocycles. The highest BCUT2D eigenvalue weighted by Gasteiger charge is 2.38. The molecule has 0 unspecified atom stereocenters. The van der Waals surface area contributed by atoms with Crippen LogP contribution in [0.1, 0.15) is 194 Å². The van der Waals surface area contributed by atoms with Gasteiger partial charge in [-0.1, -0.05) is 161 Å². The van der Waals surface area contributed by atoms with Crippen molar-refractivity contribution >= 4 is 30.1 Å². The molecule has 11 heteroatoms. The van der Waals surface area contributed by atoms with Gasteiger partial charge in [0, 0.05) is 24.9 Å². The second kappa shape index (κ2) is 21.7. The lowest BCUT2D eigenvalue weighted by Gasteiger charge is -2.31. The van der Waals surface area contributed by atoms with Crippen LogP contribution in [-0.2, 0) is 89.9 Å². The van der Waals surface area contributed by atoms with E-state index in [-0.39, 0.29) is 96.2 Å². The molecule has 0 saturated heterocycles. The van der Waals surface area contributed by atoms with Gasteiger partial charge in [-0.25, -0.2) is 0 Å². The molecule has 0 aliphatic rings. The standard InChI is InChI=1S/C57H85NO10/c1-51(2,3)39-25-36(26-40(48(39)58)52(4,5)6)19-22-45(60)66-32-57(31-65-35-59,33-67-46(61)23-20-37-27-41(53(7,8)9)49(63)42(28-37)54(10,11)12)34-68-47(62)24-21-38-29-43(55(13,14)15)50(64)44(30-38)56(16,17)18/h25-30,35,63-64H,19-24,31-34,58H2,1-18H3. The number of benzene rings is 3. The van der Waals surface area contributed by atoms with Crippen molar-refractivity contribution in [3.8, 4) is 11.5 Å². The molecule has 0 saturated carbocycles. The van der Waals surface area contributed by atoms with Crippen molar-refractivity contribution in [3.05, 3.63) is 86.5 Å². The topological polar surface area (TPSA) is 172 Å². The van der Waals surface area contributed by atoms with Crippen molar-refractivity contribution in [2.75, 3.05) is 32.2 Å². The van der Waals surface area contributed by atoms with E-state index >= 15 is 0 Å². The molecule has 0 amide bonds. The summed E-state index contributed by atoms with van der Waals surface area (Å²) in [6.45, 7) is 35.6. The van der Waals surface area contributed by atoms with Crippen molar-refractivity contribution in [2.45, 2.75) is 196 Å². The fraction of sp³-hybridized carbons (Fsp3) is 0.614. The zero-order valence-electron chi connectivity index (χ0n) is 44.9. The van der Waals surface area contributed by atoms with Gasteiger partial charge in [0.25, 0.3) is 6.47 Å². The lowest BCUT2D eigenvalue weighted by Crippen LogP contribution is -2.43. The van der Waals surface area contributed by atoms with E-state index in [4.69, 9.17) is 24.7 Å². The van der Waals surface area contributed by atoms with Gasteiger partial charge in [-0.2, -0.15) is 0 Å². The lowest BCUT2D eigenvalue weighted by molar-refractivity contribution is -0.167. The molecule has 0 fully saturated rings. The predicted octanol–water partition coefficient (Wildman–Crippen LogP) is 11.5. The van der Waals surface area contributed by atoms with E-state index in [1.165, 1.54) is 0 Å². The Morgan fingerprint density at radius 3 is 0.897 bits per heavy atom. The van der Waals surface area contributed by atoms with Crippen LogP contribution in [-0.4, -0.2) is 61.0 Å². The quantitative estimate of drug-likeness (QED) is 0.0480. The molecule has 3 rings (SSSR count). The first-order valence-corrected chi connectivity index (χ1v) is 24.1. The molecule has 4 N–H and O–H groups in total. The van der Waals surface area contributed by atoms with Gasteiger partial charge in [0.2, 0.25) is 0 Å². The van der Waals surface area contributed by atoms with Crippen LogP contribution < -0.4 is 5.73 Å². The van der Waals surface area contributed by atoms with Gasteiger partial charge in [-0.3, -0.25) is 19.2 Å². The molecule has 11 nitrogen and oxygen atoms in total. The average molecular weight is 944 g/mol. The van der Waals surface area contributed by atoms with Crippen LogP contribution in [0.5, 0.6) is 11.5 Å². The summed E-state index contributed by atoms with van der Waals surface area (Å²) in [7, 11) is 0. The van der Waals surface area contributed by atoms with Gasteiger partial charge in [0.1, 0.15) is 43.3 Å². The third-order valence-electron chi connectivity index (χ3n) is 12.4. The fourth-order valence-corrected chi connectivity index (χ4v) is 8.18. The SMILES string of the molecule is CC(C)(C)c1cc(CCC(=O)OCC(COC=O)(COC(=O)CCc2cc(C(C)(C)C)c(O)c(C(C)(C)C)c2)COC(=O)CCc2cc(C(C)(C)C)c(O)c(C(C)(C)C)c2)cc(C(C)(C)C)c1N. The largest absolute Gasteiger partial charge is 0.507 e. The summed E-state index contributed by atoms with van der Waals surface area (Å²) in [6, 6.07) is 11.8. The van der Waals surface area contributed by atoms with Crippen molar-refractivity contribution in [1.82, 2.24) is 0 Å². The zero-order chi connectivity index (χ0) is 52.0. The highest BCUT2D eigenvalue weighted by Crippen LogP contribution is 2.42. The van der Waals surface area contributed by atoms with E-state index in [1.807, 2.05) is 119 Å². The van der Waals surface area contributed by atoms with Gasteiger partial charge in [-0.05, 0) is 102 Å². The van der Waals surface area contributed by atoms with Crippen LogP contribution in [0.3, 0.4) is 0 Å². The van der Waals surface area contributed by atoms with E-state index in [9.17, 15) is 29.4 Å². The van der Waals surface area contributed by atoms with Crippen molar-refractivity contribution in [3.63, 3.8) is 0 Å². The molecular weight excluding hydrogens is 859 g/mol. The third kappa shape index (κ3) is 16.0. The predicted molar refractivity (Wildman–Crippen MR) is 272 cm³/mol. The summed E-state index contributed by atoms with van der Waals surface area (Å²) in [5, 5.41) is 22.5. The molecule has 0 heterocycles. The summed E-state index contributed by atoms with van der Waals surface area (Å²) in [5.74, 6) is -1.19. The smallest absolute Gasteiger partial charge is 0.306 e. The molecule has 0 aromatic heterocycles. The van der Waals surface area contributed by atoms with Crippen molar-refractivity contribution in [1.29, 1.82) is 0 Å². The molecule has 0 radical (unpaired) electrons. The molecule has 3 aromatic carbocycles. The van der Waals surface area contributed by atoms with E-state index in [1.54, 1.807) is 0 Å². The number of carbonyl (C=O) groups excluding carboxylic acids is 4. The molecule has 0 spiro atoms. The van der Waals surface area contributed by atoms with Gasteiger partial charge in [0.15, 0.2) is 0 Å². The number of phenolic OH excluding ortho intramolecular Hbond substituents is 2. The first-order valence-electron chi connectivity index (χ1n) is 24.1. The third-order valence-corrected chi connectivity index (χ3v) is 12.4. The summed E-state index contributed by atoms with van der Waals surface area (Å²) >= 11 is 0. The van der Waals surface area contributed by atoms with Gasteiger partial charge in [-0.15, -0.1) is 0 Å². The molecule has 0 atom stereocenters. The Morgan fingerprint density at radius 1 is 0.441 bits per heavy atom. The highest BCUT2D eigenvalue weighted by molar-refractivity contribution is 5.71. The van der Waals surface area contributed by atoms with Crippen LogP contribution >= 0.6 is 0 Å². The number of phenols is 2. The number of anilines is 1. The number of hydrogen-bond acceptors (Lipinski definition) is 11. The molecule has 0 bridgehead atoms. The maximum atomic E-state index is 13.6. The van der Waals surface area contributed by atoms with Crippen molar-refractivity contribution in [2.24, 2.45) is 5.41 Å². The number of rotatable bonds is 18. The number of nitrogens with two attached hydrogens (primary N) is 1. The minimum absolute atomic E-state index is 0.0146. The Kier molecular flexibility index (Phi) is 18.3. The normalized spacial score (nSPS) is 13.0. The highest BCUT2D eigenvalue weighted by atomic mass is 16.6. The summed E-state index contributed by atoms with van der Waals surface area (Å²) in [5.41, 5.74) is 11.8. The molecule has 3 aromatic rings. The number of carbonyl (C=O) groups is 4. The van der Waals surface area contributed by atoms with Crippen molar-refractivity contribution < 1.29 is 48.3 Å². The maximum absolute atomic E-state index is 13.6. The number of hydrogen-bond donors (Lipinski definition) is 3. The molecular formula is C57H85NO10. The van der Waals surface area contributed by atoms with Crippen LogP contribution in [0.2, 0.25) is 0 Å². The molecule has 68 heavy (non-hydrogen) atoms. The Labute approximate surface area is 408 Å². The van der Waals surface area contributed by atoms with Gasteiger partial charge < -0.3 is 34.9 Å². The second-order valence-electron chi connectivity index (χ2n) is 25.1. The summed E-state index contributed by atoms with van der Waals surface area (Å²) < 4.78 is 22.9. The number of ether oxygens (including phenoxy) is 4. The number of aryl methyl sites for hydroxylation is 3. The van der Waals surface area contributed by atoms with E-state index in [2.05, 4.69) is 41.5 Å². The van der Waals surface area contributed by atoms with E-state index in [0.29, 0.717) is 19.3 Å². The Hall–Kier alpha value is -5.06. The van der Waals surface area contributed by atoms with Gasteiger partial charge >= 0.3 is 17.9 Å². The van der Waals surface area contributed by atoms with Crippen LogP contribution in [0.4, 0.5) is 5.69 Å². The van der Waals surface area contributed by atoms with Gasteiger partial charge in [0.05, 0.1) is 0 Å². The molecule has 378 valence electrons. The molecule has 0 aliphatic heterocycles. The second-order valence-corrected chi connectivity index (χ2v) is 25.1. The zero-order valence-corrected chi connectivity index (χ0v) is 44.9. The number of esters is 3. The van der Waals surface area contributed by atoms with Crippen LogP contribution in [0.25, 0.3) is 0 Å². The van der Waals surface area contributed by atoms with Crippen LogP contribution in [0.15, 0.2) is 36.4 Å². The van der Waals surface area contributed by atoms with E-state index in [0.717, 1.165) is 55.8 Å². The minimum Gasteiger partial charge on any atom is -0.507 e. The maximum Gasteiger partial charge on any atom is 0.306 e. The lowest BCUT2D eigenvalue weighted by atomic mass is 9.77. The first kappa shape index (κ1) is 57.3. The number of aromatic hydroxyl groups is 2. The first-order chi connectivity index (χ1) is 30.9. The Bertz CT molecular complexity index is 1910. The summed E-state index contributed by atoms with van der Waals surface area (Å²) in [4.78, 5) is 52.5. The Morgan fingerprint density at radius 2 is 0.676 bits per heavy atom. The number of nitrogen functional groups attached to an aromatic ring is 1. The fourth-order valence-electron chi connectivity index (χ4n) is 8.18. The Balaban J connectivity index is 1.92. The average Bonchev–Trinajstić information content (AvgIpc) is 3.19. The van der Waals surface area contributed by atoms with E-state index < -0.39 is 23.3 Å². The summed E-state index contributed by atoms with van der Waals surface area (Å²) in [6.07, 6.45) is 0.978. The minimum atomic E-state index is -1.45. The monoisotopic (exact) mass is 944 g/mol.